The molecule has 132 valence electrons. The summed E-state index contributed by atoms with van der Waals surface area (Å²) in [6, 6.07) is 5.01. The highest BCUT2D eigenvalue weighted by atomic mass is 32.2. The van der Waals surface area contributed by atoms with E-state index in [2.05, 4.69) is 25.1 Å². The lowest BCUT2D eigenvalue weighted by atomic mass is 10.2. The molecule has 0 unspecified atom stereocenters. The van der Waals surface area contributed by atoms with Crippen LogP contribution in [0.15, 0.2) is 52.5 Å². The van der Waals surface area contributed by atoms with Gasteiger partial charge in [0, 0.05) is 23.3 Å². The number of fused-ring (bicyclic) bond motifs is 1. The molecule has 0 aliphatic carbocycles. The number of thiophene rings is 1. The van der Waals surface area contributed by atoms with Gasteiger partial charge in [0.15, 0.2) is 11.0 Å². The molecule has 0 saturated carbocycles. The second-order valence-corrected chi connectivity index (χ2v) is 7.01. The van der Waals surface area contributed by atoms with E-state index in [1.54, 1.807) is 12.1 Å². The minimum atomic E-state index is -4.41. The first-order chi connectivity index (χ1) is 12.5. The van der Waals surface area contributed by atoms with E-state index in [0.717, 1.165) is 26.5 Å². The minimum Gasteiger partial charge on any atom is -0.293 e. The summed E-state index contributed by atoms with van der Waals surface area (Å²) in [6.07, 6.45) is -0.0413. The predicted octanol–water partition coefficient (Wildman–Crippen LogP) is 4.06. The van der Waals surface area contributed by atoms with Gasteiger partial charge in [0.05, 0.1) is 0 Å². The highest BCUT2D eigenvalue weighted by Crippen LogP contribution is 2.35. The van der Waals surface area contributed by atoms with Crippen molar-refractivity contribution in [2.45, 2.75) is 22.9 Å². The summed E-state index contributed by atoms with van der Waals surface area (Å²) in [5.74, 6) is 0.128. The molecule has 11 heteroatoms. The van der Waals surface area contributed by atoms with Gasteiger partial charge in [-0.3, -0.25) is 9.55 Å². The van der Waals surface area contributed by atoms with Gasteiger partial charge < -0.3 is 0 Å². The molecule has 0 aliphatic rings. The van der Waals surface area contributed by atoms with Gasteiger partial charge in [-0.25, -0.2) is 9.97 Å². The zero-order chi connectivity index (χ0) is 18.1. The Morgan fingerprint density at radius 2 is 1.88 bits per heavy atom. The maximum atomic E-state index is 13.1. The normalized spacial score (nSPS) is 12.0. The van der Waals surface area contributed by atoms with E-state index in [-0.39, 0.29) is 11.0 Å². The quantitative estimate of drug-likeness (QED) is 0.486. The Hall–Kier alpha value is -2.53. The van der Waals surface area contributed by atoms with E-state index in [4.69, 9.17) is 0 Å². The first-order valence-electron chi connectivity index (χ1n) is 7.28. The van der Waals surface area contributed by atoms with Gasteiger partial charge in [-0.1, -0.05) is 0 Å². The van der Waals surface area contributed by atoms with Crippen LogP contribution < -0.4 is 0 Å². The van der Waals surface area contributed by atoms with E-state index in [9.17, 15) is 13.2 Å². The molecule has 0 amide bonds. The lowest BCUT2D eigenvalue weighted by Gasteiger charge is -2.12. The van der Waals surface area contributed by atoms with Crippen LogP contribution in [-0.2, 0) is 6.54 Å². The van der Waals surface area contributed by atoms with E-state index in [1.165, 1.54) is 30.1 Å². The third kappa shape index (κ3) is 3.40. The molecule has 0 aromatic carbocycles. The molecule has 4 aromatic heterocycles. The minimum absolute atomic E-state index is 0.111. The molecule has 0 aliphatic heterocycles. The standard InChI is InChI=1S/C15H9F3N6S2/c16-15(17,18)7-24-11(9-1-4-19-5-2-9)22-23-14(24)26-13-10-3-6-25-12(10)20-8-21-13/h1-6,8H,7H2. The Bertz CT molecular complexity index is 1040. The van der Waals surface area contributed by atoms with Crippen LogP contribution in [0.3, 0.4) is 0 Å². The van der Waals surface area contributed by atoms with Gasteiger partial charge in [-0.05, 0) is 35.3 Å². The van der Waals surface area contributed by atoms with Crippen molar-refractivity contribution in [3.8, 4) is 11.4 Å². The van der Waals surface area contributed by atoms with Crippen molar-refractivity contribution in [1.29, 1.82) is 0 Å². The molecule has 0 saturated heterocycles. The molecule has 0 fully saturated rings. The smallest absolute Gasteiger partial charge is 0.293 e. The van der Waals surface area contributed by atoms with Gasteiger partial charge in [-0.15, -0.1) is 21.5 Å². The molecular formula is C15H9F3N6S2. The molecule has 26 heavy (non-hydrogen) atoms. The molecule has 4 aromatic rings. The topological polar surface area (TPSA) is 69.4 Å². The van der Waals surface area contributed by atoms with Crippen LogP contribution in [0.5, 0.6) is 0 Å². The first-order valence-corrected chi connectivity index (χ1v) is 8.97. The first kappa shape index (κ1) is 16.9. The monoisotopic (exact) mass is 394 g/mol. The Kier molecular flexibility index (Phi) is 4.32. The van der Waals surface area contributed by atoms with Crippen molar-refractivity contribution in [2.24, 2.45) is 0 Å². The summed E-state index contributed by atoms with van der Waals surface area (Å²) in [5, 5.41) is 11.2. The number of alkyl halides is 3. The van der Waals surface area contributed by atoms with Crippen LogP contribution in [-0.4, -0.2) is 35.9 Å². The fourth-order valence-corrected chi connectivity index (χ4v) is 4.02. The molecule has 0 spiro atoms. The van der Waals surface area contributed by atoms with E-state index in [0.29, 0.717) is 10.6 Å². The number of hydrogen-bond donors (Lipinski definition) is 0. The third-order valence-electron chi connectivity index (χ3n) is 3.41. The molecule has 0 N–H and O–H groups in total. The van der Waals surface area contributed by atoms with Crippen LogP contribution >= 0.6 is 23.1 Å². The second kappa shape index (κ2) is 6.65. The largest absolute Gasteiger partial charge is 0.406 e. The number of rotatable bonds is 4. The van der Waals surface area contributed by atoms with E-state index < -0.39 is 12.7 Å². The number of nitrogens with zero attached hydrogens (tertiary/aromatic N) is 6. The number of halogens is 3. The second-order valence-electron chi connectivity index (χ2n) is 5.16. The Morgan fingerprint density at radius 1 is 1.08 bits per heavy atom. The summed E-state index contributed by atoms with van der Waals surface area (Å²) >= 11 is 2.47. The van der Waals surface area contributed by atoms with Gasteiger partial charge >= 0.3 is 6.18 Å². The van der Waals surface area contributed by atoms with Gasteiger partial charge in [-0.2, -0.15) is 13.2 Å². The Balaban J connectivity index is 1.78. The maximum Gasteiger partial charge on any atom is 0.406 e. The third-order valence-corrected chi connectivity index (χ3v) is 5.23. The van der Waals surface area contributed by atoms with Crippen molar-refractivity contribution in [1.82, 2.24) is 29.7 Å². The summed E-state index contributed by atoms with van der Waals surface area (Å²) in [7, 11) is 0. The van der Waals surface area contributed by atoms with Crippen molar-refractivity contribution in [3.05, 3.63) is 42.3 Å². The van der Waals surface area contributed by atoms with Crippen LogP contribution in [0.4, 0.5) is 13.2 Å². The average molecular weight is 394 g/mol. The molecule has 6 nitrogen and oxygen atoms in total. The molecule has 0 radical (unpaired) electrons. The molecule has 0 atom stereocenters. The molecule has 0 bridgehead atoms. The maximum absolute atomic E-state index is 13.1. The fourth-order valence-electron chi connectivity index (χ4n) is 2.34. The summed E-state index contributed by atoms with van der Waals surface area (Å²) in [4.78, 5) is 13.0. The van der Waals surface area contributed by atoms with Gasteiger partial charge in [0.2, 0.25) is 0 Å². The van der Waals surface area contributed by atoms with Crippen LogP contribution in [0, 0.1) is 0 Å². The Morgan fingerprint density at radius 3 is 2.65 bits per heavy atom. The van der Waals surface area contributed by atoms with Crippen LogP contribution in [0.25, 0.3) is 21.6 Å². The highest BCUT2D eigenvalue weighted by molar-refractivity contribution is 7.99. The average Bonchev–Trinajstić information content (AvgIpc) is 3.23. The summed E-state index contributed by atoms with van der Waals surface area (Å²) in [6.45, 7) is -1.20. The van der Waals surface area contributed by atoms with Crippen molar-refractivity contribution < 1.29 is 13.2 Å². The van der Waals surface area contributed by atoms with Crippen LogP contribution in [0.1, 0.15) is 0 Å². The van der Waals surface area contributed by atoms with Gasteiger partial charge in [0.25, 0.3) is 0 Å². The fraction of sp³-hybridized carbons (Fsp3) is 0.133. The van der Waals surface area contributed by atoms with Crippen molar-refractivity contribution in [3.63, 3.8) is 0 Å². The SMILES string of the molecule is FC(F)(F)Cn1c(Sc2ncnc3sccc23)nnc1-c1ccncc1. The number of pyridine rings is 1. The van der Waals surface area contributed by atoms with Gasteiger partial charge in [0.1, 0.15) is 22.7 Å². The molecular weight excluding hydrogens is 385 g/mol. The summed E-state index contributed by atoms with van der Waals surface area (Å²) in [5.41, 5.74) is 0.506. The Labute approximate surface area is 153 Å². The highest BCUT2D eigenvalue weighted by Gasteiger charge is 2.32. The number of hydrogen-bond acceptors (Lipinski definition) is 7. The molecule has 4 heterocycles. The summed E-state index contributed by atoms with van der Waals surface area (Å²) < 4.78 is 40.4. The predicted molar refractivity (Wildman–Crippen MR) is 90.8 cm³/mol. The molecule has 4 rings (SSSR count). The lowest BCUT2D eigenvalue weighted by molar-refractivity contribution is -0.141. The van der Waals surface area contributed by atoms with Crippen molar-refractivity contribution >= 4 is 33.3 Å². The van der Waals surface area contributed by atoms with E-state index >= 15 is 0 Å². The van der Waals surface area contributed by atoms with Crippen molar-refractivity contribution in [2.75, 3.05) is 0 Å². The number of aromatic nitrogens is 6. The lowest BCUT2D eigenvalue weighted by Crippen LogP contribution is -2.19. The van der Waals surface area contributed by atoms with Crippen LogP contribution in [0.2, 0.25) is 0 Å². The zero-order valence-corrected chi connectivity index (χ0v) is 14.5. The zero-order valence-electron chi connectivity index (χ0n) is 12.9. The van der Waals surface area contributed by atoms with E-state index in [1.807, 2.05) is 11.4 Å².